The van der Waals surface area contributed by atoms with Crippen molar-refractivity contribution in [2.75, 3.05) is 0 Å². The first-order chi connectivity index (χ1) is 6.25. The van der Waals surface area contributed by atoms with Crippen LogP contribution in [-0.4, -0.2) is 4.98 Å². The van der Waals surface area contributed by atoms with Crippen molar-refractivity contribution in [3.05, 3.63) is 29.8 Å². The highest BCUT2D eigenvalue weighted by Crippen LogP contribution is 2.36. The van der Waals surface area contributed by atoms with Gasteiger partial charge in [-0.3, -0.25) is 4.98 Å². The Hall–Kier alpha value is -0.960. The molecule has 0 spiro atoms. The summed E-state index contributed by atoms with van der Waals surface area (Å²) in [6, 6.07) is 1.43. The third kappa shape index (κ3) is 2.25. The first-order valence-electron chi connectivity index (χ1n) is 4.62. The Bertz CT molecular complexity index is 297. The number of nitrogens with two attached hydrogens (primary N) is 1. The molecule has 13 heavy (non-hydrogen) atoms. The van der Waals surface area contributed by atoms with Crippen LogP contribution in [0.15, 0.2) is 18.5 Å². The molecule has 3 heteroatoms. The van der Waals surface area contributed by atoms with Crippen molar-refractivity contribution in [1.82, 2.24) is 4.98 Å². The zero-order valence-corrected chi connectivity index (χ0v) is 7.41. The van der Waals surface area contributed by atoms with Crippen LogP contribution in [0, 0.1) is 11.7 Å². The Kier molecular flexibility index (Phi) is 2.27. The fraction of sp³-hybridized carbons (Fsp3) is 0.500. The first-order valence-corrected chi connectivity index (χ1v) is 4.62. The highest BCUT2D eigenvalue weighted by molar-refractivity contribution is 5.14. The van der Waals surface area contributed by atoms with Crippen molar-refractivity contribution >= 4 is 0 Å². The Balaban J connectivity index is 2.04. The second-order valence-corrected chi connectivity index (χ2v) is 3.72. The van der Waals surface area contributed by atoms with Gasteiger partial charge in [0.25, 0.3) is 0 Å². The summed E-state index contributed by atoms with van der Waals surface area (Å²) < 4.78 is 12.8. The van der Waals surface area contributed by atoms with Crippen molar-refractivity contribution in [3.8, 4) is 0 Å². The van der Waals surface area contributed by atoms with Gasteiger partial charge in [-0.15, -0.1) is 0 Å². The monoisotopic (exact) mass is 180 g/mol. The molecule has 0 bridgehead atoms. The Morgan fingerprint density at radius 3 is 2.92 bits per heavy atom. The summed E-state index contributed by atoms with van der Waals surface area (Å²) in [4.78, 5) is 3.78. The van der Waals surface area contributed by atoms with Crippen LogP contribution < -0.4 is 5.73 Å². The highest BCUT2D eigenvalue weighted by Gasteiger charge is 2.24. The molecule has 0 radical (unpaired) electrons. The maximum atomic E-state index is 12.8. The van der Waals surface area contributed by atoms with Gasteiger partial charge in [0, 0.05) is 12.2 Å². The standard InChI is InChI=1S/C10H13FN2/c11-9-4-8(5-13-6-9)10(12)3-7-1-2-7/h4-7,10H,1-3,12H2. The molecule has 0 amide bonds. The molecular formula is C10H13FN2. The molecule has 70 valence electrons. The number of aromatic nitrogens is 1. The predicted octanol–water partition coefficient (Wildman–Crippen LogP) is 2.02. The number of rotatable bonds is 3. The van der Waals surface area contributed by atoms with Crippen LogP contribution in [0.25, 0.3) is 0 Å². The van der Waals surface area contributed by atoms with E-state index in [4.69, 9.17) is 5.73 Å². The molecule has 1 aliphatic carbocycles. The molecule has 1 atom stereocenters. The fourth-order valence-corrected chi connectivity index (χ4v) is 1.48. The summed E-state index contributed by atoms with van der Waals surface area (Å²) in [6.07, 6.45) is 6.36. The Labute approximate surface area is 77.0 Å². The van der Waals surface area contributed by atoms with Gasteiger partial charge in [-0.1, -0.05) is 12.8 Å². The third-order valence-electron chi connectivity index (χ3n) is 2.44. The Morgan fingerprint density at radius 2 is 2.31 bits per heavy atom. The van der Waals surface area contributed by atoms with E-state index < -0.39 is 0 Å². The number of hydrogen-bond donors (Lipinski definition) is 1. The number of halogens is 1. The third-order valence-corrected chi connectivity index (χ3v) is 2.44. The average molecular weight is 180 g/mol. The maximum Gasteiger partial charge on any atom is 0.141 e. The summed E-state index contributed by atoms with van der Waals surface area (Å²) >= 11 is 0. The van der Waals surface area contributed by atoms with Gasteiger partial charge in [-0.25, -0.2) is 4.39 Å². The second-order valence-electron chi connectivity index (χ2n) is 3.72. The van der Waals surface area contributed by atoms with Gasteiger partial charge in [0.15, 0.2) is 0 Å². The van der Waals surface area contributed by atoms with Crippen molar-refractivity contribution in [2.24, 2.45) is 11.7 Å². The normalized spacial score (nSPS) is 18.6. The molecule has 1 saturated carbocycles. The van der Waals surface area contributed by atoms with Crippen molar-refractivity contribution in [3.63, 3.8) is 0 Å². The van der Waals surface area contributed by atoms with Crippen LogP contribution in [0.5, 0.6) is 0 Å². The highest BCUT2D eigenvalue weighted by atomic mass is 19.1. The summed E-state index contributed by atoms with van der Waals surface area (Å²) in [6.45, 7) is 0. The van der Waals surface area contributed by atoms with E-state index in [2.05, 4.69) is 4.98 Å². The molecule has 2 nitrogen and oxygen atoms in total. The van der Waals surface area contributed by atoms with Gasteiger partial charge in [0.1, 0.15) is 5.82 Å². The minimum Gasteiger partial charge on any atom is -0.324 e. The molecule has 1 fully saturated rings. The summed E-state index contributed by atoms with van der Waals surface area (Å²) in [5, 5.41) is 0. The van der Waals surface area contributed by atoms with Crippen molar-refractivity contribution in [1.29, 1.82) is 0 Å². The van der Waals surface area contributed by atoms with Crippen LogP contribution >= 0.6 is 0 Å². The van der Waals surface area contributed by atoms with Gasteiger partial charge < -0.3 is 5.73 Å². The molecule has 0 saturated heterocycles. The van der Waals surface area contributed by atoms with Crippen LogP contribution in [0.1, 0.15) is 30.9 Å². The lowest BCUT2D eigenvalue weighted by molar-refractivity contribution is 0.578. The topological polar surface area (TPSA) is 38.9 Å². The summed E-state index contributed by atoms with van der Waals surface area (Å²) in [5.41, 5.74) is 6.71. The molecule has 2 rings (SSSR count). The minimum absolute atomic E-state index is 0.0456. The lowest BCUT2D eigenvalue weighted by Crippen LogP contribution is -2.11. The molecule has 1 aromatic rings. The lowest BCUT2D eigenvalue weighted by atomic mass is 10.0. The fourth-order valence-electron chi connectivity index (χ4n) is 1.48. The molecular weight excluding hydrogens is 167 g/mol. The van der Waals surface area contributed by atoms with E-state index in [0.717, 1.165) is 17.9 Å². The Morgan fingerprint density at radius 1 is 1.54 bits per heavy atom. The largest absolute Gasteiger partial charge is 0.324 e. The number of nitrogens with zero attached hydrogens (tertiary/aromatic N) is 1. The molecule has 1 aliphatic rings. The number of hydrogen-bond acceptors (Lipinski definition) is 2. The van der Waals surface area contributed by atoms with E-state index in [9.17, 15) is 4.39 Å². The van der Waals surface area contributed by atoms with Gasteiger partial charge in [0.2, 0.25) is 0 Å². The van der Waals surface area contributed by atoms with Gasteiger partial charge >= 0.3 is 0 Å². The smallest absolute Gasteiger partial charge is 0.141 e. The molecule has 1 unspecified atom stereocenters. The van der Waals surface area contributed by atoms with Gasteiger partial charge in [-0.05, 0) is 24.0 Å². The molecule has 2 N–H and O–H groups in total. The van der Waals surface area contributed by atoms with Crippen LogP contribution in [0.3, 0.4) is 0 Å². The predicted molar refractivity (Wildman–Crippen MR) is 48.5 cm³/mol. The maximum absolute atomic E-state index is 12.8. The quantitative estimate of drug-likeness (QED) is 0.772. The van der Waals surface area contributed by atoms with E-state index in [1.54, 1.807) is 6.20 Å². The van der Waals surface area contributed by atoms with Gasteiger partial charge in [-0.2, -0.15) is 0 Å². The van der Waals surface area contributed by atoms with E-state index in [-0.39, 0.29) is 11.9 Å². The molecule has 0 aromatic carbocycles. The van der Waals surface area contributed by atoms with Crippen LogP contribution in [0.4, 0.5) is 4.39 Å². The van der Waals surface area contributed by atoms with Crippen LogP contribution in [0.2, 0.25) is 0 Å². The van der Waals surface area contributed by atoms with Crippen molar-refractivity contribution < 1.29 is 4.39 Å². The molecule has 0 aliphatic heterocycles. The van der Waals surface area contributed by atoms with E-state index in [0.29, 0.717) is 0 Å². The zero-order chi connectivity index (χ0) is 9.26. The SMILES string of the molecule is NC(CC1CC1)c1cncc(F)c1. The molecule has 1 heterocycles. The van der Waals surface area contributed by atoms with E-state index in [1.165, 1.54) is 25.1 Å². The second kappa shape index (κ2) is 3.42. The average Bonchev–Trinajstić information content (AvgIpc) is 2.88. The van der Waals surface area contributed by atoms with Gasteiger partial charge in [0.05, 0.1) is 6.20 Å². The minimum atomic E-state index is -0.302. The number of pyridine rings is 1. The van der Waals surface area contributed by atoms with Crippen LogP contribution in [-0.2, 0) is 0 Å². The van der Waals surface area contributed by atoms with E-state index >= 15 is 0 Å². The first kappa shape index (κ1) is 8.63. The zero-order valence-electron chi connectivity index (χ0n) is 7.41. The van der Waals surface area contributed by atoms with E-state index in [1.807, 2.05) is 0 Å². The molecule has 1 aromatic heterocycles. The van der Waals surface area contributed by atoms with Crippen molar-refractivity contribution in [2.45, 2.75) is 25.3 Å². The summed E-state index contributed by atoms with van der Waals surface area (Å²) in [7, 11) is 0. The lowest BCUT2D eigenvalue weighted by Gasteiger charge is -2.10. The summed E-state index contributed by atoms with van der Waals surface area (Å²) in [5.74, 6) is 0.460.